The third-order valence-electron chi connectivity index (χ3n) is 2.62. The molecular weight excluding hydrogens is 228 g/mol. The van der Waals surface area contributed by atoms with Crippen LogP contribution in [0.15, 0.2) is 29.2 Å². The average Bonchev–Trinajstić information content (AvgIpc) is 2.18. The predicted octanol–water partition coefficient (Wildman–Crippen LogP) is 3.18. The van der Waals surface area contributed by atoms with Crippen molar-refractivity contribution in [2.24, 2.45) is 5.73 Å². The smallest absolute Gasteiger partial charge is 0.0495 e. The van der Waals surface area contributed by atoms with Gasteiger partial charge in [0.2, 0.25) is 0 Å². The van der Waals surface area contributed by atoms with Gasteiger partial charge >= 0.3 is 0 Å². The molecule has 96 valence electrons. The Kier molecular flexibility index (Phi) is 5.04. The summed E-state index contributed by atoms with van der Waals surface area (Å²) in [7, 11) is 1.95. The molecular formula is C14H24N2S. The van der Waals surface area contributed by atoms with E-state index in [1.165, 1.54) is 10.5 Å². The quantitative estimate of drug-likeness (QED) is 0.790. The predicted molar refractivity (Wildman–Crippen MR) is 77.5 cm³/mol. The molecule has 0 aromatic heterocycles. The summed E-state index contributed by atoms with van der Waals surface area (Å²) < 4.78 is 0. The van der Waals surface area contributed by atoms with E-state index in [9.17, 15) is 0 Å². The van der Waals surface area contributed by atoms with Crippen LogP contribution in [-0.4, -0.2) is 17.8 Å². The monoisotopic (exact) mass is 252 g/mol. The first-order valence-corrected chi connectivity index (χ1v) is 6.95. The molecule has 0 saturated heterocycles. The number of hydrogen-bond acceptors (Lipinski definition) is 3. The number of nitrogens with two attached hydrogens (primary N) is 1. The molecule has 0 aliphatic heterocycles. The highest BCUT2D eigenvalue weighted by molar-refractivity contribution is 7.99. The lowest BCUT2D eigenvalue weighted by Gasteiger charge is -2.30. The molecule has 1 rings (SSSR count). The Morgan fingerprint density at radius 1 is 1.18 bits per heavy atom. The minimum Gasteiger partial charge on any atom is -0.324 e. The molecule has 0 heterocycles. The van der Waals surface area contributed by atoms with Gasteiger partial charge in [0, 0.05) is 21.7 Å². The van der Waals surface area contributed by atoms with Gasteiger partial charge in [-0.25, -0.2) is 0 Å². The molecule has 3 N–H and O–H groups in total. The Morgan fingerprint density at radius 2 is 1.71 bits per heavy atom. The largest absolute Gasteiger partial charge is 0.324 e. The van der Waals surface area contributed by atoms with Crippen LogP contribution in [0.25, 0.3) is 0 Å². The Morgan fingerprint density at radius 3 is 2.06 bits per heavy atom. The summed E-state index contributed by atoms with van der Waals surface area (Å²) in [6.45, 7) is 8.51. The summed E-state index contributed by atoms with van der Waals surface area (Å²) in [5, 5.41) is 3.90. The van der Waals surface area contributed by atoms with Gasteiger partial charge < -0.3 is 11.1 Å². The van der Waals surface area contributed by atoms with Crippen LogP contribution in [0.4, 0.5) is 0 Å². The van der Waals surface area contributed by atoms with Crippen molar-refractivity contribution in [2.75, 3.05) is 7.05 Å². The van der Waals surface area contributed by atoms with Crippen molar-refractivity contribution in [3.8, 4) is 0 Å². The lowest BCUT2D eigenvalue weighted by atomic mass is 9.90. The summed E-state index contributed by atoms with van der Waals surface area (Å²) in [5.41, 5.74) is 7.15. The molecule has 0 amide bonds. The third kappa shape index (κ3) is 4.34. The van der Waals surface area contributed by atoms with E-state index in [2.05, 4.69) is 43.4 Å². The zero-order valence-electron chi connectivity index (χ0n) is 11.4. The maximum atomic E-state index is 6.17. The van der Waals surface area contributed by atoms with Crippen LogP contribution >= 0.6 is 11.8 Å². The molecule has 0 radical (unpaired) electrons. The highest BCUT2D eigenvalue weighted by Gasteiger charge is 2.24. The maximum Gasteiger partial charge on any atom is 0.0495 e. The fourth-order valence-electron chi connectivity index (χ4n) is 1.98. The lowest BCUT2D eigenvalue weighted by Crippen LogP contribution is -2.45. The second kappa shape index (κ2) is 5.89. The van der Waals surface area contributed by atoms with Crippen LogP contribution in [0.3, 0.4) is 0 Å². The number of likely N-dealkylation sites (N-methyl/N-ethyl adjacent to an activating group) is 1. The van der Waals surface area contributed by atoms with E-state index in [-0.39, 0.29) is 11.6 Å². The first-order chi connectivity index (χ1) is 7.84. The molecule has 3 heteroatoms. The zero-order valence-corrected chi connectivity index (χ0v) is 12.3. The third-order valence-corrected chi connectivity index (χ3v) is 3.63. The average molecular weight is 252 g/mol. The van der Waals surface area contributed by atoms with Gasteiger partial charge in [0.25, 0.3) is 0 Å². The summed E-state index contributed by atoms with van der Waals surface area (Å²) in [6.07, 6.45) is 0. The number of benzene rings is 1. The molecule has 1 atom stereocenters. The van der Waals surface area contributed by atoms with Gasteiger partial charge in [0.1, 0.15) is 0 Å². The molecule has 0 fully saturated rings. The Hall–Kier alpha value is -0.510. The van der Waals surface area contributed by atoms with E-state index < -0.39 is 0 Å². The van der Waals surface area contributed by atoms with Crippen molar-refractivity contribution in [1.82, 2.24) is 5.32 Å². The fraction of sp³-hybridized carbons (Fsp3) is 0.571. The van der Waals surface area contributed by atoms with Gasteiger partial charge in [0.15, 0.2) is 0 Å². The van der Waals surface area contributed by atoms with Gasteiger partial charge in [-0.2, -0.15) is 0 Å². The number of thioether (sulfide) groups is 1. The Balaban J connectivity index is 2.86. The van der Waals surface area contributed by atoms with Crippen molar-refractivity contribution < 1.29 is 0 Å². The van der Waals surface area contributed by atoms with E-state index in [1.807, 2.05) is 32.7 Å². The van der Waals surface area contributed by atoms with E-state index in [1.54, 1.807) is 0 Å². The molecule has 0 aliphatic carbocycles. The minimum atomic E-state index is -0.262. The second-order valence-corrected chi connectivity index (χ2v) is 6.93. The molecule has 0 aliphatic rings. The Bertz CT molecular complexity index is 338. The standard InChI is InChI=1S/C14H24N2S/c1-10(2)17-12-8-6-11(7-9-12)13(16-5)14(3,4)15/h6-10,13,16H,15H2,1-5H3. The van der Waals surface area contributed by atoms with Gasteiger partial charge in [-0.05, 0) is 38.6 Å². The van der Waals surface area contributed by atoms with Crippen LogP contribution in [0, 0.1) is 0 Å². The van der Waals surface area contributed by atoms with E-state index in [4.69, 9.17) is 5.73 Å². The van der Waals surface area contributed by atoms with E-state index in [0.29, 0.717) is 5.25 Å². The normalized spacial score (nSPS) is 14.1. The van der Waals surface area contributed by atoms with Crippen LogP contribution in [0.2, 0.25) is 0 Å². The van der Waals surface area contributed by atoms with Crippen molar-refractivity contribution in [2.45, 2.75) is 49.4 Å². The summed E-state index contributed by atoms with van der Waals surface area (Å²) in [5.74, 6) is 0. The molecule has 0 bridgehead atoms. The molecule has 1 unspecified atom stereocenters. The van der Waals surface area contributed by atoms with Crippen molar-refractivity contribution in [1.29, 1.82) is 0 Å². The number of nitrogens with one attached hydrogen (secondary N) is 1. The summed E-state index contributed by atoms with van der Waals surface area (Å²) >= 11 is 1.88. The molecule has 2 nitrogen and oxygen atoms in total. The van der Waals surface area contributed by atoms with Gasteiger partial charge in [0.05, 0.1) is 0 Å². The second-order valence-electron chi connectivity index (χ2n) is 5.28. The van der Waals surface area contributed by atoms with Crippen LogP contribution in [0.1, 0.15) is 39.3 Å². The van der Waals surface area contributed by atoms with E-state index >= 15 is 0 Å². The fourth-order valence-corrected chi connectivity index (χ4v) is 2.82. The summed E-state index contributed by atoms with van der Waals surface area (Å²) in [4.78, 5) is 1.31. The first-order valence-electron chi connectivity index (χ1n) is 6.07. The number of hydrogen-bond donors (Lipinski definition) is 2. The molecule has 0 spiro atoms. The van der Waals surface area contributed by atoms with Gasteiger partial charge in [-0.3, -0.25) is 0 Å². The van der Waals surface area contributed by atoms with Crippen LogP contribution < -0.4 is 11.1 Å². The first kappa shape index (κ1) is 14.6. The zero-order chi connectivity index (χ0) is 13.1. The highest BCUT2D eigenvalue weighted by Crippen LogP contribution is 2.27. The SMILES string of the molecule is CNC(c1ccc(SC(C)C)cc1)C(C)(C)N. The molecule has 1 aromatic carbocycles. The van der Waals surface area contributed by atoms with Crippen molar-refractivity contribution >= 4 is 11.8 Å². The maximum absolute atomic E-state index is 6.17. The minimum absolute atomic E-state index is 0.181. The lowest BCUT2D eigenvalue weighted by molar-refractivity contribution is 0.370. The highest BCUT2D eigenvalue weighted by atomic mass is 32.2. The Labute approximate surface area is 109 Å². The molecule has 0 saturated carbocycles. The molecule has 17 heavy (non-hydrogen) atoms. The van der Waals surface area contributed by atoms with E-state index in [0.717, 1.165) is 0 Å². The topological polar surface area (TPSA) is 38.0 Å². The van der Waals surface area contributed by atoms with Crippen LogP contribution in [0.5, 0.6) is 0 Å². The van der Waals surface area contributed by atoms with Crippen molar-refractivity contribution in [3.05, 3.63) is 29.8 Å². The number of rotatable bonds is 5. The van der Waals surface area contributed by atoms with Crippen LogP contribution in [-0.2, 0) is 0 Å². The summed E-state index contributed by atoms with van der Waals surface area (Å²) in [6, 6.07) is 8.87. The van der Waals surface area contributed by atoms with Gasteiger partial charge in [-0.1, -0.05) is 26.0 Å². The van der Waals surface area contributed by atoms with Gasteiger partial charge in [-0.15, -0.1) is 11.8 Å². The van der Waals surface area contributed by atoms with Crippen molar-refractivity contribution in [3.63, 3.8) is 0 Å². The molecule has 1 aromatic rings.